The Kier molecular flexibility index (Phi) is 6.80. The van der Waals surface area contributed by atoms with Gasteiger partial charge in [0.1, 0.15) is 11.6 Å². The molecule has 0 saturated heterocycles. The van der Waals surface area contributed by atoms with Gasteiger partial charge in [-0.25, -0.2) is 21.9 Å². The van der Waals surface area contributed by atoms with Crippen LogP contribution in [0.15, 0.2) is 66.0 Å². The SMILES string of the molecule is O=C(CCNS(=O)(=O)c1c(F)cccc1F)NCc1ccc(-c2cccnc2)nc1. The molecule has 2 heterocycles. The Morgan fingerprint density at radius 1 is 1.00 bits per heavy atom. The third-order valence-electron chi connectivity index (χ3n) is 4.10. The number of nitrogens with zero attached hydrogens (tertiary/aromatic N) is 2. The van der Waals surface area contributed by atoms with Crippen molar-refractivity contribution in [3.8, 4) is 11.3 Å². The van der Waals surface area contributed by atoms with E-state index in [-0.39, 0.29) is 19.5 Å². The van der Waals surface area contributed by atoms with Crippen molar-refractivity contribution < 1.29 is 22.0 Å². The first kappa shape index (κ1) is 21.5. The number of hydrogen-bond donors (Lipinski definition) is 2. The van der Waals surface area contributed by atoms with Gasteiger partial charge in [0, 0.05) is 43.7 Å². The van der Waals surface area contributed by atoms with Gasteiger partial charge in [-0.05, 0) is 35.9 Å². The molecule has 1 amide bonds. The number of sulfonamides is 1. The Labute approximate surface area is 172 Å². The number of rotatable bonds is 8. The normalized spacial score (nSPS) is 11.3. The van der Waals surface area contributed by atoms with E-state index in [0.717, 1.165) is 35.0 Å². The van der Waals surface area contributed by atoms with E-state index in [9.17, 15) is 22.0 Å². The molecule has 2 N–H and O–H groups in total. The standard InChI is InChI=1S/C20H18F2N4O3S/c21-16-4-1-5-17(22)20(16)30(28,29)26-10-8-19(27)25-12-14-6-7-18(24-11-14)15-3-2-9-23-13-15/h1-7,9,11,13,26H,8,10,12H2,(H,25,27). The molecule has 3 rings (SSSR count). The fraction of sp³-hybridized carbons (Fsp3) is 0.150. The molecule has 0 spiro atoms. The minimum absolute atomic E-state index is 0.198. The summed E-state index contributed by atoms with van der Waals surface area (Å²) in [6, 6.07) is 10.0. The van der Waals surface area contributed by atoms with Gasteiger partial charge >= 0.3 is 0 Å². The van der Waals surface area contributed by atoms with E-state index < -0.39 is 32.5 Å². The third kappa shape index (κ3) is 5.43. The van der Waals surface area contributed by atoms with E-state index in [4.69, 9.17) is 0 Å². The number of amides is 1. The Morgan fingerprint density at radius 2 is 1.77 bits per heavy atom. The van der Waals surface area contributed by atoms with Crippen LogP contribution in [0, 0.1) is 11.6 Å². The van der Waals surface area contributed by atoms with Crippen LogP contribution in [-0.2, 0) is 21.4 Å². The van der Waals surface area contributed by atoms with Gasteiger partial charge in [-0.15, -0.1) is 0 Å². The first-order valence-corrected chi connectivity index (χ1v) is 10.4. The smallest absolute Gasteiger partial charge is 0.246 e. The van der Waals surface area contributed by atoms with Crippen LogP contribution in [0.2, 0.25) is 0 Å². The average Bonchev–Trinajstić information content (AvgIpc) is 2.73. The molecule has 7 nitrogen and oxygen atoms in total. The van der Waals surface area contributed by atoms with Crippen molar-refractivity contribution >= 4 is 15.9 Å². The van der Waals surface area contributed by atoms with Crippen molar-refractivity contribution in [1.82, 2.24) is 20.0 Å². The molecule has 0 fully saturated rings. The Balaban J connectivity index is 1.48. The molecule has 30 heavy (non-hydrogen) atoms. The molecule has 0 bridgehead atoms. The van der Waals surface area contributed by atoms with Gasteiger partial charge in [0.2, 0.25) is 15.9 Å². The number of halogens is 2. The van der Waals surface area contributed by atoms with Crippen LogP contribution < -0.4 is 10.0 Å². The van der Waals surface area contributed by atoms with Gasteiger partial charge < -0.3 is 5.32 Å². The second-order valence-corrected chi connectivity index (χ2v) is 7.97. The quantitative estimate of drug-likeness (QED) is 0.569. The first-order chi connectivity index (χ1) is 14.4. The van der Waals surface area contributed by atoms with Gasteiger partial charge in [0.15, 0.2) is 4.90 Å². The predicted octanol–water partition coefficient (Wildman–Crippen LogP) is 2.41. The second-order valence-electron chi connectivity index (χ2n) is 6.27. The summed E-state index contributed by atoms with van der Waals surface area (Å²) in [4.78, 5) is 19.2. The predicted molar refractivity (Wildman–Crippen MR) is 105 cm³/mol. The van der Waals surface area contributed by atoms with Crippen LogP contribution in [0.4, 0.5) is 8.78 Å². The molecule has 0 aliphatic heterocycles. The highest BCUT2D eigenvalue weighted by atomic mass is 32.2. The minimum Gasteiger partial charge on any atom is -0.352 e. The van der Waals surface area contributed by atoms with Crippen LogP contribution in [-0.4, -0.2) is 30.8 Å². The Hall–Kier alpha value is -3.24. The highest BCUT2D eigenvalue weighted by Crippen LogP contribution is 2.18. The number of carbonyl (C=O) groups is 1. The van der Waals surface area contributed by atoms with E-state index in [1.807, 2.05) is 10.8 Å². The van der Waals surface area contributed by atoms with Crippen LogP contribution in [0.25, 0.3) is 11.3 Å². The molecule has 2 aromatic heterocycles. The van der Waals surface area contributed by atoms with Crippen molar-refractivity contribution in [3.05, 3.63) is 78.3 Å². The molecule has 10 heteroatoms. The van der Waals surface area contributed by atoms with Gasteiger partial charge in [-0.2, -0.15) is 0 Å². The molecule has 156 valence electrons. The Morgan fingerprint density at radius 3 is 2.40 bits per heavy atom. The van der Waals surface area contributed by atoms with Gasteiger partial charge in [0.05, 0.1) is 5.69 Å². The summed E-state index contributed by atoms with van der Waals surface area (Å²) >= 11 is 0. The van der Waals surface area contributed by atoms with Crippen molar-refractivity contribution in [3.63, 3.8) is 0 Å². The van der Waals surface area contributed by atoms with E-state index in [0.29, 0.717) is 0 Å². The topological polar surface area (TPSA) is 101 Å². The first-order valence-electron chi connectivity index (χ1n) is 8.92. The third-order valence-corrected chi connectivity index (χ3v) is 5.62. The number of carbonyl (C=O) groups excluding carboxylic acids is 1. The summed E-state index contributed by atoms with van der Waals surface area (Å²) in [6.45, 7) is -0.103. The molecule has 0 radical (unpaired) electrons. The summed E-state index contributed by atoms with van der Waals surface area (Å²) in [5, 5.41) is 2.63. The molecule has 3 aromatic rings. The van der Waals surface area contributed by atoms with Crippen LogP contribution >= 0.6 is 0 Å². The number of benzene rings is 1. The zero-order valence-corrected chi connectivity index (χ0v) is 16.5. The van der Waals surface area contributed by atoms with E-state index >= 15 is 0 Å². The molecule has 0 aliphatic rings. The second kappa shape index (κ2) is 9.51. The highest BCUT2D eigenvalue weighted by Gasteiger charge is 2.23. The zero-order valence-electron chi connectivity index (χ0n) is 15.7. The van der Waals surface area contributed by atoms with Crippen molar-refractivity contribution in [2.24, 2.45) is 0 Å². The Bertz CT molecular complexity index is 1100. The maximum atomic E-state index is 13.6. The largest absolute Gasteiger partial charge is 0.352 e. The van der Waals surface area contributed by atoms with Crippen molar-refractivity contribution in [2.45, 2.75) is 17.9 Å². The van der Waals surface area contributed by atoms with Crippen LogP contribution in [0.3, 0.4) is 0 Å². The molecule has 0 unspecified atom stereocenters. The lowest BCUT2D eigenvalue weighted by Crippen LogP contribution is -2.31. The highest BCUT2D eigenvalue weighted by molar-refractivity contribution is 7.89. The lowest BCUT2D eigenvalue weighted by Gasteiger charge is -2.09. The van der Waals surface area contributed by atoms with Gasteiger partial charge in [-0.3, -0.25) is 14.8 Å². The average molecular weight is 432 g/mol. The molecule has 0 aliphatic carbocycles. The number of aromatic nitrogens is 2. The van der Waals surface area contributed by atoms with Crippen LogP contribution in [0.1, 0.15) is 12.0 Å². The van der Waals surface area contributed by atoms with Gasteiger partial charge in [0.25, 0.3) is 0 Å². The number of pyridine rings is 2. The van der Waals surface area contributed by atoms with Gasteiger partial charge in [-0.1, -0.05) is 12.1 Å². The zero-order chi connectivity index (χ0) is 21.6. The summed E-state index contributed by atoms with van der Waals surface area (Å²) in [6.07, 6.45) is 4.78. The van der Waals surface area contributed by atoms with Crippen molar-refractivity contribution in [2.75, 3.05) is 6.54 Å². The molecule has 0 atom stereocenters. The van der Waals surface area contributed by atoms with Crippen molar-refractivity contribution in [1.29, 1.82) is 0 Å². The summed E-state index contributed by atoms with van der Waals surface area (Å²) in [7, 11) is -4.41. The lowest BCUT2D eigenvalue weighted by molar-refractivity contribution is -0.121. The van der Waals surface area contributed by atoms with E-state index in [1.165, 1.54) is 0 Å². The summed E-state index contributed by atoms with van der Waals surface area (Å²) in [5.41, 5.74) is 2.37. The summed E-state index contributed by atoms with van der Waals surface area (Å²) < 4.78 is 53.4. The fourth-order valence-corrected chi connectivity index (χ4v) is 3.78. The molecular formula is C20H18F2N4O3S. The maximum absolute atomic E-state index is 13.6. The lowest BCUT2D eigenvalue weighted by atomic mass is 10.1. The van der Waals surface area contributed by atoms with Crippen LogP contribution in [0.5, 0.6) is 0 Å². The molecular weight excluding hydrogens is 414 g/mol. The number of hydrogen-bond acceptors (Lipinski definition) is 5. The molecule has 0 saturated carbocycles. The molecule has 1 aromatic carbocycles. The monoisotopic (exact) mass is 432 g/mol. The fourth-order valence-electron chi connectivity index (χ4n) is 2.61. The van der Waals surface area contributed by atoms with E-state index in [1.54, 1.807) is 36.8 Å². The van der Waals surface area contributed by atoms with E-state index in [2.05, 4.69) is 15.3 Å². The number of nitrogens with one attached hydrogen (secondary N) is 2. The summed E-state index contributed by atoms with van der Waals surface area (Å²) in [5.74, 6) is -2.83. The minimum atomic E-state index is -4.41. The maximum Gasteiger partial charge on any atom is 0.246 e.